The van der Waals surface area contributed by atoms with Gasteiger partial charge in [0.05, 0.1) is 13.2 Å². The predicted octanol–water partition coefficient (Wildman–Crippen LogP) is 2.37. The molecule has 0 aliphatic carbocycles. The van der Waals surface area contributed by atoms with Crippen molar-refractivity contribution in [1.29, 1.82) is 0 Å². The molecule has 0 bridgehead atoms. The molecule has 20 heavy (non-hydrogen) atoms. The lowest BCUT2D eigenvalue weighted by Crippen LogP contribution is -2.57. The third-order valence-corrected chi connectivity index (χ3v) is 4.65. The van der Waals surface area contributed by atoms with Crippen molar-refractivity contribution >= 4 is 0 Å². The van der Waals surface area contributed by atoms with Crippen LogP contribution in [0.1, 0.15) is 25.8 Å². The second-order valence-corrected chi connectivity index (χ2v) is 6.72. The number of likely N-dealkylation sites (tertiary alicyclic amines) is 1. The van der Waals surface area contributed by atoms with Crippen LogP contribution in [0.4, 0.5) is 0 Å². The molecule has 0 N–H and O–H groups in total. The summed E-state index contributed by atoms with van der Waals surface area (Å²) < 4.78 is 5.64. The van der Waals surface area contributed by atoms with Gasteiger partial charge < -0.3 is 4.74 Å². The lowest BCUT2D eigenvalue weighted by molar-refractivity contribution is -0.0698. The molecule has 2 saturated heterocycles. The summed E-state index contributed by atoms with van der Waals surface area (Å²) in [5, 5.41) is 0. The zero-order valence-corrected chi connectivity index (χ0v) is 12.7. The molecule has 0 saturated carbocycles. The minimum absolute atomic E-state index is 0.186. The number of hydrogen-bond donors (Lipinski definition) is 0. The van der Waals surface area contributed by atoms with E-state index in [-0.39, 0.29) is 5.54 Å². The van der Waals surface area contributed by atoms with Crippen LogP contribution in [0, 0.1) is 0 Å². The molecule has 3 rings (SSSR count). The van der Waals surface area contributed by atoms with E-state index in [2.05, 4.69) is 54.0 Å². The largest absolute Gasteiger partial charge is 0.378 e. The SMILES string of the molecule is CC1(C)COCCN1C1CCN(Cc2ccccc2)C1. The van der Waals surface area contributed by atoms with E-state index in [1.165, 1.54) is 25.1 Å². The molecule has 2 aliphatic rings. The second-order valence-electron chi connectivity index (χ2n) is 6.72. The summed E-state index contributed by atoms with van der Waals surface area (Å²) in [6, 6.07) is 11.5. The normalized spacial score (nSPS) is 27.8. The Hall–Kier alpha value is -0.900. The van der Waals surface area contributed by atoms with E-state index in [0.717, 1.165) is 26.3 Å². The molecule has 1 aromatic rings. The van der Waals surface area contributed by atoms with Crippen molar-refractivity contribution in [1.82, 2.24) is 9.80 Å². The molecule has 1 unspecified atom stereocenters. The Labute approximate surface area is 122 Å². The highest BCUT2D eigenvalue weighted by molar-refractivity contribution is 5.14. The quantitative estimate of drug-likeness (QED) is 0.841. The van der Waals surface area contributed by atoms with Gasteiger partial charge >= 0.3 is 0 Å². The Balaban J connectivity index is 1.59. The maximum absolute atomic E-state index is 5.64. The van der Waals surface area contributed by atoms with Gasteiger partial charge in [-0.15, -0.1) is 0 Å². The standard InChI is InChI=1S/C17H26N2O/c1-17(2)14-20-11-10-19(17)16-8-9-18(13-16)12-15-6-4-3-5-7-15/h3-7,16H,8-14H2,1-2H3. The zero-order valence-electron chi connectivity index (χ0n) is 12.7. The van der Waals surface area contributed by atoms with Gasteiger partial charge in [-0.25, -0.2) is 0 Å². The van der Waals surface area contributed by atoms with Gasteiger partial charge in [0.15, 0.2) is 0 Å². The van der Waals surface area contributed by atoms with Gasteiger partial charge in [-0.2, -0.15) is 0 Å². The van der Waals surface area contributed by atoms with Crippen molar-refractivity contribution in [2.45, 2.75) is 38.4 Å². The number of rotatable bonds is 3. The first-order valence-corrected chi connectivity index (χ1v) is 7.76. The van der Waals surface area contributed by atoms with E-state index in [4.69, 9.17) is 4.74 Å². The van der Waals surface area contributed by atoms with Gasteiger partial charge in [0.1, 0.15) is 0 Å². The van der Waals surface area contributed by atoms with Crippen LogP contribution >= 0.6 is 0 Å². The maximum atomic E-state index is 5.64. The van der Waals surface area contributed by atoms with Crippen LogP contribution in [-0.2, 0) is 11.3 Å². The molecule has 2 fully saturated rings. The summed E-state index contributed by atoms with van der Waals surface area (Å²) in [6.07, 6.45) is 1.29. The second kappa shape index (κ2) is 5.84. The van der Waals surface area contributed by atoms with Crippen molar-refractivity contribution in [2.75, 3.05) is 32.8 Å². The van der Waals surface area contributed by atoms with Crippen molar-refractivity contribution in [2.24, 2.45) is 0 Å². The number of hydrogen-bond acceptors (Lipinski definition) is 3. The molecule has 1 atom stereocenters. The average Bonchev–Trinajstić information content (AvgIpc) is 2.87. The van der Waals surface area contributed by atoms with E-state index >= 15 is 0 Å². The summed E-state index contributed by atoms with van der Waals surface area (Å²) in [7, 11) is 0. The van der Waals surface area contributed by atoms with Crippen LogP contribution in [0.5, 0.6) is 0 Å². The smallest absolute Gasteiger partial charge is 0.0645 e. The highest BCUT2D eigenvalue weighted by atomic mass is 16.5. The minimum atomic E-state index is 0.186. The van der Waals surface area contributed by atoms with Crippen LogP contribution in [0.3, 0.4) is 0 Å². The van der Waals surface area contributed by atoms with E-state index < -0.39 is 0 Å². The van der Waals surface area contributed by atoms with Crippen molar-refractivity contribution in [3.63, 3.8) is 0 Å². The summed E-state index contributed by atoms with van der Waals surface area (Å²) in [5.74, 6) is 0. The van der Waals surface area contributed by atoms with Crippen LogP contribution in [-0.4, -0.2) is 54.2 Å². The van der Waals surface area contributed by atoms with Crippen molar-refractivity contribution < 1.29 is 4.74 Å². The molecule has 110 valence electrons. The number of benzene rings is 1. The monoisotopic (exact) mass is 274 g/mol. The molecule has 3 nitrogen and oxygen atoms in total. The van der Waals surface area contributed by atoms with Crippen LogP contribution < -0.4 is 0 Å². The van der Waals surface area contributed by atoms with E-state index in [9.17, 15) is 0 Å². The summed E-state index contributed by atoms with van der Waals surface area (Å²) >= 11 is 0. The molecule has 0 spiro atoms. The van der Waals surface area contributed by atoms with Crippen LogP contribution in [0.2, 0.25) is 0 Å². The molecule has 3 heteroatoms. The summed E-state index contributed by atoms with van der Waals surface area (Å²) in [4.78, 5) is 5.26. The Kier molecular flexibility index (Phi) is 4.11. The lowest BCUT2D eigenvalue weighted by Gasteiger charge is -2.45. The van der Waals surface area contributed by atoms with Gasteiger partial charge in [-0.1, -0.05) is 30.3 Å². The van der Waals surface area contributed by atoms with Gasteiger partial charge in [-0.3, -0.25) is 9.80 Å². The van der Waals surface area contributed by atoms with Gasteiger partial charge in [-0.05, 0) is 25.8 Å². The highest BCUT2D eigenvalue weighted by Gasteiger charge is 2.38. The lowest BCUT2D eigenvalue weighted by atomic mass is 9.99. The summed E-state index contributed by atoms with van der Waals surface area (Å²) in [6.45, 7) is 10.9. The minimum Gasteiger partial charge on any atom is -0.378 e. The van der Waals surface area contributed by atoms with Crippen LogP contribution in [0.25, 0.3) is 0 Å². The fourth-order valence-corrected chi connectivity index (χ4v) is 3.60. The average molecular weight is 274 g/mol. The molecule has 2 aliphatic heterocycles. The zero-order chi connectivity index (χ0) is 14.0. The first-order chi connectivity index (χ1) is 9.65. The van der Waals surface area contributed by atoms with E-state index in [1.807, 2.05) is 0 Å². The van der Waals surface area contributed by atoms with Gasteiger partial charge in [0.2, 0.25) is 0 Å². The first-order valence-electron chi connectivity index (χ1n) is 7.76. The molecule has 0 radical (unpaired) electrons. The fraction of sp³-hybridized carbons (Fsp3) is 0.647. The third kappa shape index (κ3) is 3.05. The highest BCUT2D eigenvalue weighted by Crippen LogP contribution is 2.27. The molecule has 1 aromatic carbocycles. The number of ether oxygens (including phenoxy) is 1. The molecule has 0 aromatic heterocycles. The van der Waals surface area contributed by atoms with E-state index in [0.29, 0.717) is 6.04 Å². The molecular formula is C17H26N2O. The van der Waals surface area contributed by atoms with Crippen molar-refractivity contribution in [3.8, 4) is 0 Å². The third-order valence-electron chi connectivity index (χ3n) is 4.65. The predicted molar refractivity (Wildman–Crippen MR) is 81.7 cm³/mol. The number of nitrogens with zero attached hydrogens (tertiary/aromatic N) is 2. The maximum Gasteiger partial charge on any atom is 0.0645 e. The topological polar surface area (TPSA) is 15.7 Å². The van der Waals surface area contributed by atoms with Gasteiger partial charge in [0, 0.05) is 37.8 Å². The Morgan fingerprint density at radius 2 is 2.00 bits per heavy atom. The Morgan fingerprint density at radius 1 is 1.20 bits per heavy atom. The number of morpholine rings is 1. The van der Waals surface area contributed by atoms with Crippen molar-refractivity contribution in [3.05, 3.63) is 35.9 Å². The van der Waals surface area contributed by atoms with E-state index in [1.54, 1.807) is 0 Å². The van der Waals surface area contributed by atoms with Gasteiger partial charge in [0.25, 0.3) is 0 Å². The first kappa shape index (κ1) is 14.1. The molecule has 2 heterocycles. The molecule has 0 amide bonds. The fourth-order valence-electron chi connectivity index (χ4n) is 3.60. The Bertz CT molecular complexity index is 432. The molecular weight excluding hydrogens is 248 g/mol. The summed E-state index contributed by atoms with van der Waals surface area (Å²) in [5.41, 5.74) is 1.61. The Morgan fingerprint density at radius 3 is 2.75 bits per heavy atom. The van der Waals surface area contributed by atoms with Crippen LogP contribution in [0.15, 0.2) is 30.3 Å².